The van der Waals surface area contributed by atoms with E-state index in [2.05, 4.69) is 9.98 Å². The van der Waals surface area contributed by atoms with E-state index in [1.807, 2.05) is 13.0 Å². The molecule has 4 heteroatoms. The van der Waals surface area contributed by atoms with Crippen LogP contribution in [0.2, 0.25) is 0 Å². The maximum Gasteiger partial charge on any atom is 0.260 e. The molecule has 2 aliphatic heterocycles. The van der Waals surface area contributed by atoms with Crippen LogP contribution in [0.5, 0.6) is 0 Å². The van der Waals surface area contributed by atoms with E-state index in [-0.39, 0.29) is 11.8 Å². The van der Waals surface area contributed by atoms with E-state index in [0.717, 1.165) is 9.95 Å². The Kier molecular flexibility index (Phi) is 1.42. The van der Waals surface area contributed by atoms with Crippen molar-refractivity contribution in [2.75, 3.05) is 0 Å². The monoisotopic (exact) mass is 166 g/mol. The van der Waals surface area contributed by atoms with Gasteiger partial charge in [0.25, 0.3) is 5.91 Å². The quantitative estimate of drug-likeness (QED) is 0.543. The van der Waals surface area contributed by atoms with Crippen LogP contribution >= 0.6 is 11.8 Å². The maximum atomic E-state index is 11.1. The average Bonchev–Trinajstić information content (AvgIpc) is 2.31. The zero-order chi connectivity index (χ0) is 7.84. The van der Waals surface area contributed by atoms with Gasteiger partial charge in [-0.2, -0.15) is 0 Å². The minimum Gasteiger partial charge on any atom is -0.271 e. The van der Waals surface area contributed by atoms with Gasteiger partial charge in [0.05, 0.1) is 5.04 Å². The van der Waals surface area contributed by atoms with Gasteiger partial charge in [0.2, 0.25) is 0 Å². The lowest BCUT2D eigenvalue weighted by Gasteiger charge is -2.05. The van der Waals surface area contributed by atoms with Crippen molar-refractivity contribution < 1.29 is 4.79 Å². The number of fused-ring (bicyclic) bond motifs is 1. The first kappa shape index (κ1) is 6.79. The van der Waals surface area contributed by atoms with E-state index < -0.39 is 0 Å². The predicted octanol–water partition coefficient (Wildman–Crippen LogP) is 1.22. The van der Waals surface area contributed by atoms with Gasteiger partial charge in [-0.1, -0.05) is 17.8 Å². The molecular weight excluding hydrogens is 160 g/mol. The summed E-state index contributed by atoms with van der Waals surface area (Å²) in [4.78, 5) is 19.8. The summed E-state index contributed by atoms with van der Waals surface area (Å²) in [5.74, 6) is -0.274. The number of rotatable bonds is 0. The molecule has 2 aliphatic rings. The van der Waals surface area contributed by atoms with E-state index >= 15 is 0 Å². The summed E-state index contributed by atoms with van der Waals surface area (Å²) < 4.78 is 0. The van der Waals surface area contributed by atoms with Gasteiger partial charge in [0, 0.05) is 0 Å². The van der Waals surface area contributed by atoms with Crippen LogP contribution in [0.4, 0.5) is 0 Å². The van der Waals surface area contributed by atoms with Crippen LogP contribution in [-0.4, -0.2) is 17.3 Å². The van der Waals surface area contributed by atoms with Crippen molar-refractivity contribution in [2.24, 2.45) is 15.9 Å². The van der Waals surface area contributed by atoms with Crippen molar-refractivity contribution in [2.45, 2.75) is 6.92 Å². The third-order valence-corrected chi connectivity index (χ3v) is 2.60. The highest BCUT2D eigenvalue weighted by atomic mass is 32.2. The van der Waals surface area contributed by atoms with Crippen LogP contribution in [0.1, 0.15) is 6.92 Å². The second-order valence-electron chi connectivity index (χ2n) is 2.41. The normalized spacial score (nSPS) is 28.1. The van der Waals surface area contributed by atoms with Crippen LogP contribution < -0.4 is 0 Å². The molecule has 0 spiro atoms. The molecule has 0 saturated heterocycles. The molecule has 0 radical (unpaired) electrons. The molecule has 2 rings (SSSR count). The Hall–Kier alpha value is -0.900. The molecule has 11 heavy (non-hydrogen) atoms. The Labute approximate surface area is 68.3 Å². The minimum atomic E-state index is -0.176. The average molecular weight is 166 g/mol. The molecular formula is C7H6N2OS. The summed E-state index contributed by atoms with van der Waals surface area (Å²) in [5.41, 5.74) is 0. The first-order valence-electron chi connectivity index (χ1n) is 3.28. The first-order chi connectivity index (χ1) is 5.27. The molecule has 2 heterocycles. The molecule has 0 aromatic rings. The molecule has 0 N–H and O–H groups in total. The SMILES string of the molecule is CC1=CC2C(=O)N=CN=C2S1. The highest BCUT2D eigenvalue weighted by molar-refractivity contribution is 8.17. The number of hydrogen-bond donors (Lipinski definition) is 0. The van der Waals surface area contributed by atoms with Gasteiger partial charge < -0.3 is 0 Å². The van der Waals surface area contributed by atoms with E-state index in [4.69, 9.17) is 0 Å². The standard InChI is InChI=1S/C7H6N2OS/c1-4-2-5-6(10)8-3-9-7(5)11-4/h2-3,5H,1H3. The summed E-state index contributed by atoms with van der Waals surface area (Å²) in [6.45, 7) is 1.97. The largest absolute Gasteiger partial charge is 0.271 e. The van der Waals surface area contributed by atoms with Crippen molar-refractivity contribution >= 4 is 29.1 Å². The second kappa shape index (κ2) is 2.30. The summed E-state index contributed by atoms with van der Waals surface area (Å²) in [6.07, 6.45) is 3.23. The van der Waals surface area contributed by atoms with Gasteiger partial charge in [0.1, 0.15) is 12.3 Å². The Morgan fingerprint density at radius 3 is 3.18 bits per heavy atom. The molecule has 0 saturated carbocycles. The lowest BCUT2D eigenvalue weighted by molar-refractivity contribution is -0.118. The van der Waals surface area contributed by atoms with Crippen molar-refractivity contribution in [1.82, 2.24) is 0 Å². The fourth-order valence-corrected chi connectivity index (χ4v) is 2.00. The summed E-state index contributed by atoms with van der Waals surface area (Å²) >= 11 is 1.55. The minimum absolute atomic E-state index is 0.0978. The Balaban J connectivity index is 2.38. The fourth-order valence-electron chi connectivity index (χ4n) is 1.07. The van der Waals surface area contributed by atoms with Crippen LogP contribution in [0.15, 0.2) is 21.0 Å². The summed E-state index contributed by atoms with van der Waals surface area (Å²) in [6, 6.07) is 0. The molecule has 0 bridgehead atoms. The molecule has 1 atom stereocenters. The fraction of sp³-hybridized carbons (Fsp3) is 0.286. The topological polar surface area (TPSA) is 41.8 Å². The zero-order valence-corrected chi connectivity index (χ0v) is 6.76. The van der Waals surface area contributed by atoms with Crippen molar-refractivity contribution in [3.05, 3.63) is 11.0 Å². The van der Waals surface area contributed by atoms with Crippen molar-refractivity contribution in [1.29, 1.82) is 0 Å². The smallest absolute Gasteiger partial charge is 0.260 e. The van der Waals surface area contributed by atoms with E-state index in [1.165, 1.54) is 6.34 Å². The lowest BCUT2D eigenvalue weighted by atomic mass is 10.1. The number of amides is 1. The maximum absolute atomic E-state index is 11.1. The number of carbonyl (C=O) groups excluding carboxylic acids is 1. The van der Waals surface area contributed by atoms with Gasteiger partial charge >= 0.3 is 0 Å². The Bertz CT molecular complexity index is 304. The van der Waals surface area contributed by atoms with Crippen molar-refractivity contribution in [3.8, 4) is 0 Å². The van der Waals surface area contributed by atoms with Gasteiger partial charge in [0.15, 0.2) is 0 Å². The first-order valence-corrected chi connectivity index (χ1v) is 4.09. The highest BCUT2D eigenvalue weighted by Gasteiger charge is 2.29. The molecule has 1 amide bonds. The molecule has 0 aliphatic carbocycles. The third-order valence-electron chi connectivity index (χ3n) is 1.57. The van der Waals surface area contributed by atoms with Crippen LogP contribution in [0.25, 0.3) is 0 Å². The summed E-state index contributed by atoms with van der Waals surface area (Å²) in [5, 5.41) is 0.863. The number of aliphatic imine (C=N–C) groups is 2. The van der Waals surface area contributed by atoms with E-state index in [0.29, 0.717) is 0 Å². The molecule has 0 fully saturated rings. The number of allylic oxidation sites excluding steroid dienone is 1. The van der Waals surface area contributed by atoms with Crippen molar-refractivity contribution in [3.63, 3.8) is 0 Å². The van der Waals surface area contributed by atoms with Crippen LogP contribution in [0, 0.1) is 5.92 Å². The molecule has 1 unspecified atom stereocenters. The Morgan fingerprint density at radius 2 is 2.45 bits per heavy atom. The molecule has 0 aromatic carbocycles. The van der Waals surface area contributed by atoms with E-state index in [1.54, 1.807) is 11.8 Å². The van der Waals surface area contributed by atoms with E-state index in [9.17, 15) is 4.79 Å². The lowest BCUT2D eigenvalue weighted by Crippen LogP contribution is -2.18. The third kappa shape index (κ3) is 1.03. The van der Waals surface area contributed by atoms with Crippen LogP contribution in [-0.2, 0) is 4.79 Å². The molecule has 3 nitrogen and oxygen atoms in total. The molecule has 0 aromatic heterocycles. The zero-order valence-electron chi connectivity index (χ0n) is 5.94. The van der Waals surface area contributed by atoms with Gasteiger partial charge in [-0.25, -0.2) is 9.98 Å². The number of thioether (sulfide) groups is 1. The predicted molar refractivity (Wildman–Crippen MR) is 45.8 cm³/mol. The van der Waals surface area contributed by atoms with Gasteiger partial charge in [-0.05, 0) is 11.8 Å². The second-order valence-corrected chi connectivity index (χ2v) is 3.67. The van der Waals surface area contributed by atoms with Gasteiger partial charge in [-0.3, -0.25) is 4.79 Å². The highest BCUT2D eigenvalue weighted by Crippen LogP contribution is 2.33. The molecule has 56 valence electrons. The van der Waals surface area contributed by atoms with Gasteiger partial charge in [-0.15, -0.1) is 0 Å². The number of hydrogen-bond acceptors (Lipinski definition) is 3. The van der Waals surface area contributed by atoms with Crippen LogP contribution in [0.3, 0.4) is 0 Å². The number of nitrogens with zero attached hydrogens (tertiary/aromatic N) is 2. The Morgan fingerprint density at radius 1 is 1.64 bits per heavy atom. The number of carbonyl (C=O) groups is 1. The summed E-state index contributed by atoms with van der Waals surface area (Å²) in [7, 11) is 0.